The van der Waals surface area contributed by atoms with Crippen LogP contribution in [0.2, 0.25) is 0 Å². The van der Waals surface area contributed by atoms with Gasteiger partial charge in [0.1, 0.15) is 0 Å². The maximum Gasteiger partial charge on any atom is 0.0900 e. The van der Waals surface area contributed by atoms with Crippen LogP contribution < -0.4 is 0 Å². The molecular weight excluding hydrogens is 204 g/mol. The van der Waals surface area contributed by atoms with Crippen LogP contribution in [0.15, 0.2) is 0 Å². The molecule has 1 unspecified atom stereocenters. The van der Waals surface area contributed by atoms with E-state index >= 15 is 0 Å². The van der Waals surface area contributed by atoms with Crippen LogP contribution >= 0.6 is 0 Å². The number of nitrogens with zero attached hydrogens (tertiary/aromatic N) is 2. The first-order valence-corrected chi connectivity index (χ1v) is 5.99. The molecule has 0 saturated carbocycles. The van der Waals surface area contributed by atoms with Crippen molar-refractivity contribution < 1.29 is 9.84 Å². The van der Waals surface area contributed by atoms with Gasteiger partial charge in [0.2, 0.25) is 0 Å². The summed E-state index contributed by atoms with van der Waals surface area (Å²) in [5, 5.41) is 9.72. The highest BCUT2D eigenvalue weighted by atomic mass is 16.5. The molecule has 0 aromatic carbocycles. The molecule has 0 aliphatic rings. The Balaban J connectivity index is 3.98. The zero-order valence-electron chi connectivity index (χ0n) is 11.4. The molecule has 0 fully saturated rings. The highest BCUT2D eigenvalue weighted by Gasteiger charge is 2.12. The molecule has 1 N–H and O–H groups in total. The molecule has 0 amide bonds. The average Bonchev–Trinajstić information content (AvgIpc) is 2.13. The van der Waals surface area contributed by atoms with E-state index in [-0.39, 0.29) is 6.10 Å². The van der Waals surface area contributed by atoms with Crippen molar-refractivity contribution in [1.29, 1.82) is 0 Å². The van der Waals surface area contributed by atoms with Gasteiger partial charge < -0.3 is 14.7 Å². The molecule has 0 spiro atoms. The molecule has 4 heteroatoms. The number of methoxy groups -OCH3 is 1. The summed E-state index contributed by atoms with van der Waals surface area (Å²) in [6, 6.07) is 0. The molecule has 0 aromatic heterocycles. The van der Waals surface area contributed by atoms with E-state index in [0.717, 1.165) is 19.6 Å². The van der Waals surface area contributed by atoms with Crippen molar-refractivity contribution >= 4 is 0 Å². The van der Waals surface area contributed by atoms with Gasteiger partial charge in [0.05, 0.1) is 12.7 Å². The Morgan fingerprint density at radius 1 is 1.12 bits per heavy atom. The monoisotopic (exact) mass is 232 g/mol. The number of aliphatic hydroxyl groups excluding tert-OH is 1. The second-order valence-corrected chi connectivity index (χ2v) is 5.07. The molecule has 0 aliphatic carbocycles. The lowest BCUT2D eigenvalue weighted by atomic mass is 10.2. The lowest BCUT2D eigenvalue weighted by Gasteiger charge is -2.27. The van der Waals surface area contributed by atoms with Crippen molar-refractivity contribution in [3.05, 3.63) is 0 Å². The van der Waals surface area contributed by atoms with Crippen molar-refractivity contribution in [2.24, 2.45) is 5.92 Å². The number of hydrogen-bond donors (Lipinski definition) is 1. The Hall–Kier alpha value is -0.160. The van der Waals surface area contributed by atoms with Gasteiger partial charge in [0, 0.05) is 33.3 Å². The highest BCUT2D eigenvalue weighted by Crippen LogP contribution is 2.01. The minimum atomic E-state index is -0.383. The van der Waals surface area contributed by atoms with E-state index < -0.39 is 0 Å². The minimum absolute atomic E-state index is 0.383. The maximum atomic E-state index is 9.72. The highest BCUT2D eigenvalue weighted by molar-refractivity contribution is 4.67. The van der Waals surface area contributed by atoms with Gasteiger partial charge in [-0.1, -0.05) is 13.8 Å². The van der Waals surface area contributed by atoms with Crippen LogP contribution in [0.25, 0.3) is 0 Å². The van der Waals surface area contributed by atoms with Gasteiger partial charge in [-0.3, -0.25) is 4.90 Å². The SMILES string of the molecule is COCC(O)CN(CCN(C)C)CC(C)C. The predicted octanol–water partition coefficient (Wildman–Crippen LogP) is 0.513. The first-order chi connectivity index (χ1) is 7.45. The van der Waals surface area contributed by atoms with E-state index in [1.54, 1.807) is 7.11 Å². The zero-order chi connectivity index (χ0) is 12.6. The minimum Gasteiger partial charge on any atom is -0.389 e. The second-order valence-electron chi connectivity index (χ2n) is 5.07. The van der Waals surface area contributed by atoms with Gasteiger partial charge in [0.15, 0.2) is 0 Å². The summed E-state index contributed by atoms with van der Waals surface area (Å²) < 4.78 is 4.95. The fraction of sp³-hybridized carbons (Fsp3) is 1.00. The van der Waals surface area contributed by atoms with Crippen molar-refractivity contribution in [2.75, 3.05) is 54.0 Å². The van der Waals surface area contributed by atoms with Crippen LogP contribution in [0.4, 0.5) is 0 Å². The maximum absolute atomic E-state index is 9.72. The Kier molecular flexibility index (Phi) is 8.84. The fourth-order valence-corrected chi connectivity index (χ4v) is 1.66. The number of likely N-dealkylation sites (N-methyl/N-ethyl adjacent to an activating group) is 1. The van der Waals surface area contributed by atoms with E-state index in [4.69, 9.17) is 4.74 Å². The molecular formula is C12H28N2O2. The summed E-state index contributed by atoms with van der Waals surface area (Å²) in [4.78, 5) is 4.46. The van der Waals surface area contributed by atoms with Crippen molar-refractivity contribution in [3.63, 3.8) is 0 Å². The van der Waals surface area contributed by atoms with Crippen LogP contribution in [-0.4, -0.2) is 75.0 Å². The summed E-state index contributed by atoms with van der Waals surface area (Å²) in [6.45, 7) is 8.54. The first-order valence-electron chi connectivity index (χ1n) is 5.99. The van der Waals surface area contributed by atoms with Crippen LogP contribution in [0.3, 0.4) is 0 Å². The van der Waals surface area contributed by atoms with Crippen molar-refractivity contribution in [2.45, 2.75) is 20.0 Å². The summed E-state index contributed by atoms with van der Waals surface area (Å²) in [6.07, 6.45) is -0.383. The number of hydrogen-bond acceptors (Lipinski definition) is 4. The normalized spacial score (nSPS) is 14.1. The summed E-state index contributed by atoms with van der Waals surface area (Å²) in [7, 11) is 5.76. The summed E-state index contributed by atoms with van der Waals surface area (Å²) in [5.41, 5.74) is 0. The van der Waals surface area contributed by atoms with Gasteiger partial charge in [-0.2, -0.15) is 0 Å². The lowest BCUT2D eigenvalue weighted by molar-refractivity contribution is 0.0338. The van der Waals surface area contributed by atoms with Crippen molar-refractivity contribution in [3.8, 4) is 0 Å². The standard InChI is InChI=1S/C12H28N2O2/c1-11(2)8-14(7-6-13(3)4)9-12(15)10-16-5/h11-12,15H,6-10H2,1-5H3. The van der Waals surface area contributed by atoms with Crippen LogP contribution in [0, 0.1) is 5.92 Å². The molecule has 0 aromatic rings. The Morgan fingerprint density at radius 2 is 1.75 bits per heavy atom. The van der Waals surface area contributed by atoms with Crippen molar-refractivity contribution in [1.82, 2.24) is 9.80 Å². The average molecular weight is 232 g/mol. The van der Waals surface area contributed by atoms with Gasteiger partial charge in [0.25, 0.3) is 0 Å². The van der Waals surface area contributed by atoms with E-state index in [1.165, 1.54) is 0 Å². The first kappa shape index (κ1) is 15.8. The molecule has 4 nitrogen and oxygen atoms in total. The lowest BCUT2D eigenvalue weighted by Crippen LogP contribution is -2.40. The van der Waals surface area contributed by atoms with Crippen LogP contribution in [0.5, 0.6) is 0 Å². The predicted molar refractivity (Wildman–Crippen MR) is 67.7 cm³/mol. The third-order valence-corrected chi connectivity index (χ3v) is 2.31. The van der Waals surface area contributed by atoms with Crippen LogP contribution in [0.1, 0.15) is 13.8 Å². The largest absolute Gasteiger partial charge is 0.389 e. The quantitative estimate of drug-likeness (QED) is 0.628. The molecule has 0 radical (unpaired) electrons. The van der Waals surface area contributed by atoms with Gasteiger partial charge in [-0.05, 0) is 20.0 Å². The third kappa shape index (κ3) is 9.09. The van der Waals surface area contributed by atoms with E-state index in [2.05, 4.69) is 37.7 Å². The smallest absolute Gasteiger partial charge is 0.0900 e. The van der Waals surface area contributed by atoms with Crippen LogP contribution in [-0.2, 0) is 4.74 Å². The molecule has 0 bridgehead atoms. The summed E-state index contributed by atoms with van der Waals surface area (Å²) >= 11 is 0. The van der Waals surface area contributed by atoms with Gasteiger partial charge in [-0.15, -0.1) is 0 Å². The number of rotatable bonds is 9. The third-order valence-electron chi connectivity index (χ3n) is 2.31. The Labute approximate surface area is 100 Å². The molecule has 0 heterocycles. The number of ether oxygens (including phenoxy) is 1. The molecule has 0 rings (SSSR count). The van der Waals surface area contributed by atoms with Gasteiger partial charge in [-0.25, -0.2) is 0 Å². The Morgan fingerprint density at radius 3 is 2.19 bits per heavy atom. The molecule has 0 saturated heterocycles. The zero-order valence-corrected chi connectivity index (χ0v) is 11.4. The topological polar surface area (TPSA) is 35.9 Å². The molecule has 98 valence electrons. The van der Waals surface area contributed by atoms with Gasteiger partial charge >= 0.3 is 0 Å². The molecule has 16 heavy (non-hydrogen) atoms. The van der Waals surface area contributed by atoms with E-state index in [1.807, 2.05) is 0 Å². The second kappa shape index (κ2) is 8.93. The molecule has 0 aliphatic heterocycles. The fourth-order valence-electron chi connectivity index (χ4n) is 1.66. The Bertz CT molecular complexity index is 163. The van der Waals surface area contributed by atoms with E-state index in [9.17, 15) is 5.11 Å². The summed E-state index contributed by atoms with van der Waals surface area (Å²) in [5.74, 6) is 0.622. The van der Waals surface area contributed by atoms with E-state index in [0.29, 0.717) is 19.1 Å². The number of aliphatic hydroxyl groups is 1. The molecule has 1 atom stereocenters.